The first-order chi connectivity index (χ1) is 16.0. The van der Waals surface area contributed by atoms with Crippen molar-refractivity contribution in [1.29, 1.82) is 0 Å². The van der Waals surface area contributed by atoms with Gasteiger partial charge in [0, 0.05) is 5.69 Å². The smallest absolute Gasteiger partial charge is 0.229 e. The molecule has 0 aliphatic rings. The number of anilines is 1. The van der Waals surface area contributed by atoms with Crippen LogP contribution in [0.5, 0.6) is 0 Å². The number of nitrogens with one attached hydrogen (secondary N) is 1. The van der Waals surface area contributed by atoms with Crippen LogP contribution in [0.2, 0.25) is 0 Å². The molecule has 4 heteroatoms. The molecule has 0 spiro atoms. The summed E-state index contributed by atoms with van der Waals surface area (Å²) < 4.78 is 25.8. The van der Waals surface area contributed by atoms with Gasteiger partial charge in [0.2, 0.25) is 10.0 Å². The van der Waals surface area contributed by atoms with Crippen molar-refractivity contribution >= 4 is 26.9 Å². The third-order valence-electron chi connectivity index (χ3n) is 5.74. The first-order valence-electron chi connectivity index (χ1n) is 11.9. The number of rotatable bonds is 12. The number of hydrogen-bond donors (Lipinski definition) is 1. The molecule has 0 amide bonds. The fraction of sp³-hybridized carbons (Fsp3) is 0.310. The minimum absolute atomic E-state index is 0.575. The summed E-state index contributed by atoms with van der Waals surface area (Å²) in [5.41, 5.74) is 6.62. The first kappa shape index (κ1) is 24.8. The Kier molecular flexibility index (Phi) is 9.32. The minimum Gasteiger partial charge on any atom is -0.284 e. The van der Waals surface area contributed by atoms with Crippen LogP contribution in [0.1, 0.15) is 68.6 Å². The average molecular weight is 462 g/mol. The summed E-state index contributed by atoms with van der Waals surface area (Å²) in [6.07, 6.45) is 9.72. The molecule has 3 aromatic carbocycles. The predicted molar refractivity (Wildman–Crippen MR) is 142 cm³/mol. The van der Waals surface area contributed by atoms with E-state index in [4.69, 9.17) is 0 Å². The van der Waals surface area contributed by atoms with E-state index < -0.39 is 10.0 Å². The Morgan fingerprint density at radius 1 is 0.667 bits per heavy atom. The maximum Gasteiger partial charge on any atom is 0.229 e. The molecule has 3 aromatic rings. The van der Waals surface area contributed by atoms with Gasteiger partial charge < -0.3 is 0 Å². The Bertz CT molecular complexity index is 1120. The van der Waals surface area contributed by atoms with Crippen LogP contribution < -0.4 is 4.72 Å². The first-order valence-corrected chi connectivity index (χ1v) is 13.8. The van der Waals surface area contributed by atoms with Crippen LogP contribution >= 0.6 is 0 Å². The van der Waals surface area contributed by atoms with Gasteiger partial charge in [0.25, 0.3) is 0 Å². The van der Waals surface area contributed by atoms with Gasteiger partial charge in [-0.1, -0.05) is 112 Å². The molecule has 0 bridgehead atoms. The van der Waals surface area contributed by atoms with E-state index in [2.05, 4.69) is 66.2 Å². The van der Waals surface area contributed by atoms with Gasteiger partial charge in [-0.3, -0.25) is 4.72 Å². The number of hydrogen-bond acceptors (Lipinski definition) is 2. The maximum atomic E-state index is 11.6. The zero-order valence-electron chi connectivity index (χ0n) is 19.8. The standard InChI is InChI=1S/C29H35NO2S/c1-3-4-5-6-7-14-19-28(24-15-10-8-11-16-24)29(25-17-12-9-13-18-25)26-20-22-27(23-21-26)30-33(2,31)32/h8-13,15-18,20-23,30H,3-7,14,19H2,1-2H3. The van der Waals surface area contributed by atoms with Crippen molar-refractivity contribution in [3.8, 4) is 0 Å². The summed E-state index contributed by atoms with van der Waals surface area (Å²) in [5.74, 6) is 0. The van der Waals surface area contributed by atoms with Crippen LogP contribution in [-0.2, 0) is 10.0 Å². The summed E-state index contributed by atoms with van der Waals surface area (Å²) in [5, 5.41) is 0. The normalized spacial score (nSPS) is 12.3. The Morgan fingerprint density at radius 3 is 1.76 bits per heavy atom. The molecule has 0 unspecified atom stereocenters. The molecule has 0 aromatic heterocycles. The quantitative estimate of drug-likeness (QED) is 0.221. The maximum absolute atomic E-state index is 11.6. The van der Waals surface area contributed by atoms with E-state index in [1.54, 1.807) is 0 Å². The van der Waals surface area contributed by atoms with Crippen LogP contribution in [-0.4, -0.2) is 14.7 Å². The zero-order chi connectivity index (χ0) is 23.5. The van der Waals surface area contributed by atoms with Gasteiger partial charge in [0.05, 0.1) is 6.26 Å². The summed E-state index contributed by atoms with van der Waals surface area (Å²) in [7, 11) is -3.31. The second-order valence-electron chi connectivity index (χ2n) is 8.55. The fourth-order valence-corrected chi connectivity index (χ4v) is 4.74. The number of unbranched alkanes of at least 4 members (excludes halogenated alkanes) is 5. The molecule has 0 aliphatic heterocycles. The van der Waals surface area contributed by atoms with E-state index in [9.17, 15) is 8.42 Å². The minimum atomic E-state index is -3.31. The van der Waals surface area contributed by atoms with E-state index in [0.717, 1.165) is 18.4 Å². The molecule has 3 nitrogen and oxygen atoms in total. The Hall–Kier alpha value is -2.85. The molecular weight excluding hydrogens is 426 g/mol. The van der Waals surface area contributed by atoms with Gasteiger partial charge in [0.1, 0.15) is 0 Å². The molecule has 0 radical (unpaired) electrons. The summed E-state index contributed by atoms with van der Waals surface area (Å²) >= 11 is 0. The van der Waals surface area contributed by atoms with E-state index in [1.807, 2.05) is 30.3 Å². The Balaban J connectivity index is 2.02. The van der Waals surface area contributed by atoms with Gasteiger partial charge >= 0.3 is 0 Å². The summed E-state index contributed by atoms with van der Waals surface area (Å²) in [6.45, 7) is 2.25. The van der Waals surface area contributed by atoms with Gasteiger partial charge in [-0.2, -0.15) is 0 Å². The number of allylic oxidation sites excluding steroid dienone is 1. The second kappa shape index (κ2) is 12.4. The molecule has 0 aliphatic carbocycles. The highest BCUT2D eigenvalue weighted by Crippen LogP contribution is 2.36. The monoisotopic (exact) mass is 461 g/mol. The molecule has 33 heavy (non-hydrogen) atoms. The van der Waals surface area contributed by atoms with Crippen molar-refractivity contribution in [2.75, 3.05) is 11.0 Å². The summed E-state index contributed by atoms with van der Waals surface area (Å²) in [4.78, 5) is 0. The molecule has 174 valence electrons. The molecule has 0 saturated heterocycles. The lowest BCUT2D eigenvalue weighted by molar-refractivity contribution is 0.607. The van der Waals surface area contributed by atoms with Crippen molar-refractivity contribution < 1.29 is 8.42 Å². The lowest BCUT2D eigenvalue weighted by Gasteiger charge is -2.18. The van der Waals surface area contributed by atoms with Gasteiger partial charge in [-0.15, -0.1) is 0 Å². The lowest BCUT2D eigenvalue weighted by atomic mass is 9.86. The average Bonchev–Trinajstić information content (AvgIpc) is 2.81. The van der Waals surface area contributed by atoms with Crippen LogP contribution in [0, 0.1) is 0 Å². The van der Waals surface area contributed by atoms with Gasteiger partial charge in [0.15, 0.2) is 0 Å². The van der Waals surface area contributed by atoms with Crippen molar-refractivity contribution in [2.24, 2.45) is 0 Å². The third kappa shape index (κ3) is 7.90. The third-order valence-corrected chi connectivity index (χ3v) is 6.35. The van der Waals surface area contributed by atoms with Crippen molar-refractivity contribution in [3.63, 3.8) is 0 Å². The largest absolute Gasteiger partial charge is 0.284 e. The number of benzene rings is 3. The van der Waals surface area contributed by atoms with E-state index in [-0.39, 0.29) is 0 Å². The Labute approximate surface area is 199 Å². The van der Waals surface area contributed by atoms with E-state index >= 15 is 0 Å². The summed E-state index contributed by atoms with van der Waals surface area (Å²) in [6, 6.07) is 28.8. The molecule has 0 saturated carbocycles. The topological polar surface area (TPSA) is 46.2 Å². The molecule has 0 heterocycles. The van der Waals surface area contributed by atoms with Crippen LogP contribution in [0.25, 0.3) is 11.1 Å². The van der Waals surface area contributed by atoms with Gasteiger partial charge in [-0.05, 0) is 52.8 Å². The molecule has 0 atom stereocenters. The van der Waals surface area contributed by atoms with Crippen LogP contribution in [0.4, 0.5) is 5.69 Å². The molecule has 0 fully saturated rings. The molecule has 3 rings (SSSR count). The van der Waals surface area contributed by atoms with Crippen molar-refractivity contribution in [1.82, 2.24) is 0 Å². The lowest BCUT2D eigenvalue weighted by Crippen LogP contribution is -2.09. The van der Waals surface area contributed by atoms with Crippen LogP contribution in [0.15, 0.2) is 84.9 Å². The fourth-order valence-electron chi connectivity index (χ4n) is 4.17. The SMILES string of the molecule is CCCCCCCCC(=C(c1ccccc1)c1ccc(NS(C)(=O)=O)cc1)c1ccccc1. The van der Waals surface area contributed by atoms with E-state index in [0.29, 0.717) is 5.69 Å². The number of sulfonamides is 1. The van der Waals surface area contributed by atoms with E-state index in [1.165, 1.54) is 60.6 Å². The highest BCUT2D eigenvalue weighted by Gasteiger charge is 2.14. The highest BCUT2D eigenvalue weighted by atomic mass is 32.2. The predicted octanol–water partition coefficient (Wildman–Crippen LogP) is 7.77. The zero-order valence-corrected chi connectivity index (χ0v) is 20.6. The van der Waals surface area contributed by atoms with Crippen LogP contribution in [0.3, 0.4) is 0 Å². The second-order valence-corrected chi connectivity index (χ2v) is 10.3. The molecule has 1 N–H and O–H groups in total. The van der Waals surface area contributed by atoms with Crippen molar-refractivity contribution in [3.05, 3.63) is 102 Å². The highest BCUT2D eigenvalue weighted by molar-refractivity contribution is 7.92. The van der Waals surface area contributed by atoms with Gasteiger partial charge in [-0.25, -0.2) is 8.42 Å². The molecular formula is C29H35NO2S. The Morgan fingerprint density at radius 2 is 1.18 bits per heavy atom. The van der Waals surface area contributed by atoms with Crippen molar-refractivity contribution in [2.45, 2.75) is 51.9 Å².